The van der Waals surface area contributed by atoms with Crippen molar-refractivity contribution < 1.29 is 19.4 Å². The van der Waals surface area contributed by atoms with Gasteiger partial charge in [-0.05, 0) is 26.3 Å². The van der Waals surface area contributed by atoms with E-state index in [2.05, 4.69) is 10.3 Å². The number of pyridine rings is 1. The fourth-order valence-corrected chi connectivity index (χ4v) is 2.41. The van der Waals surface area contributed by atoms with E-state index < -0.39 is 11.6 Å². The Hall–Kier alpha value is -1.66. The molecule has 2 heterocycles. The molecular formula is C15H22N2O4. The average Bonchev–Trinajstić information content (AvgIpc) is 2.46. The molecule has 2 atom stereocenters. The van der Waals surface area contributed by atoms with E-state index in [0.717, 1.165) is 12.1 Å². The normalized spacial score (nSPS) is 25.5. The highest BCUT2D eigenvalue weighted by molar-refractivity contribution is 5.77. The molecule has 2 rings (SSSR count). The summed E-state index contributed by atoms with van der Waals surface area (Å²) in [7, 11) is 0. The van der Waals surface area contributed by atoms with Gasteiger partial charge in [-0.1, -0.05) is 6.07 Å². The molecule has 0 aliphatic carbocycles. The number of rotatable bonds is 6. The van der Waals surface area contributed by atoms with E-state index in [4.69, 9.17) is 9.47 Å². The average molecular weight is 294 g/mol. The van der Waals surface area contributed by atoms with Gasteiger partial charge in [0.05, 0.1) is 12.3 Å². The highest BCUT2D eigenvalue weighted by Gasteiger charge is 2.39. The Morgan fingerprint density at radius 3 is 3.14 bits per heavy atom. The van der Waals surface area contributed by atoms with Gasteiger partial charge in [-0.2, -0.15) is 0 Å². The Labute approximate surface area is 124 Å². The van der Waals surface area contributed by atoms with Crippen LogP contribution in [0.25, 0.3) is 0 Å². The SMILES string of the molecule is CCOc1cccc(CNC2CCOC(C)(C(=O)O)C2)n1. The van der Waals surface area contributed by atoms with Crippen molar-refractivity contribution in [3.63, 3.8) is 0 Å². The summed E-state index contributed by atoms with van der Waals surface area (Å²) in [4.78, 5) is 15.6. The van der Waals surface area contributed by atoms with Gasteiger partial charge in [0.2, 0.25) is 5.88 Å². The molecule has 0 radical (unpaired) electrons. The molecule has 0 saturated carbocycles. The molecule has 1 saturated heterocycles. The van der Waals surface area contributed by atoms with Crippen LogP contribution in [0.4, 0.5) is 0 Å². The van der Waals surface area contributed by atoms with Gasteiger partial charge in [-0.15, -0.1) is 0 Å². The predicted molar refractivity (Wildman–Crippen MR) is 77.3 cm³/mol. The number of nitrogens with one attached hydrogen (secondary N) is 1. The van der Waals surface area contributed by atoms with Crippen LogP contribution in [0.1, 0.15) is 32.4 Å². The number of carboxylic acid groups (broad SMARTS) is 1. The lowest BCUT2D eigenvalue weighted by Gasteiger charge is -2.35. The maximum absolute atomic E-state index is 11.2. The van der Waals surface area contributed by atoms with E-state index in [1.807, 2.05) is 25.1 Å². The molecule has 0 aromatic carbocycles. The number of ether oxygens (including phenoxy) is 2. The molecule has 6 nitrogen and oxygen atoms in total. The Bertz CT molecular complexity index is 494. The minimum Gasteiger partial charge on any atom is -0.479 e. The van der Waals surface area contributed by atoms with Crippen LogP contribution in [0.15, 0.2) is 18.2 Å². The Morgan fingerprint density at radius 1 is 1.62 bits per heavy atom. The lowest BCUT2D eigenvalue weighted by atomic mass is 9.92. The lowest BCUT2D eigenvalue weighted by Crippen LogP contribution is -2.49. The van der Waals surface area contributed by atoms with E-state index in [1.165, 1.54) is 0 Å². The monoisotopic (exact) mass is 294 g/mol. The van der Waals surface area contributed by atoms with Crippen molar-refractivity contribution >= 4 is 5.97 Å². The third-order valence-corrected chi connectivity index (χ3v) is 3.62. The Morgan fingerprint density at radius 2 is 2.43 bits per heavy atom. The van der Waals surface area contributed by atoms with Crippen molar-refractivity contribution in [2.75, 3.05) is 13.2 Å². The molecule has 1 aliphatic rings. The molecule has 1 aromatic rings. The zero-order chi connectivity index (χ0) is 15.3. The lowest BCUT2D eigenvalue weighted by molar-refractivity contribution is -0.170. The standard InChI is InChI=1S/C15H22N2O4/c1-3-20-13-6-4-5-12(17-13)10-16-11-7-8-21-15(2,9-11)14(18)19/h4-6,11,16H,3,7-10H2,1-2H3,(H,18,19). The van der Waals surface area contributed by atoms with Crippen LogP contribution in [0.2, 0.25) is 0 Å². The third kappa shape index (κ3) is 4.15. The van der Waals surface area contributed by atoms with Crippen molar-refractivity contribution in [2.45, 2.75) is 44.9 Å². The van der Waals surface area contributed by atoms with Crippen LogP contribution in [-0.4, -0.2) is 40.9 Å². The topological polar surface area (TPSA) is 80.7 Å². The summed E-state index contributed by atoms with van der Waals surface area (Å²) in [6, 6.07) is 5.76. The van der Waals surface area contributed by atoms with Crippen molar-refractivity contribution in [3.8, 4) is 5.88 Å². The van der Waals surface area contributed by atoms with Crippen molar-refractivity contribution in [1.29, 1.82) is 0 Å². The van der Waals surface area contributed by atoms with Gasteiger partial charge in [0, 0.05) is 31.7 Å². The molecule has 0 amide bonds. The number of carbonyl (C=O) groups is 1. The molecule has 2 unspecified atom stereocenters. The zero-order valence-electron chi connectivity index (χ0n) is 12.5. The first-order chi connectivity index (χ1) is 10.0. The molecule has 116 valence electrons. The number of aromatic nitrogens is 1. The molecule has 2 N–H and O–H groups in total. The van der Waals surface area contributed by atoms with Gasteiger partial charge in [-0.25, -0.2) is 9.78 Å². The third-order valence-electron chi connectivity index (χ3n) is 3.62. The number of carboxylic acids is 1. The van der Waals surface area contributed by atoms with E-state index in [9.17, 15) is 9.90 Å². The summed E-state index contributed by atoms with van der Waals surface area (Å²) in [5.74, 6) is -0.301. The molecule has 0 spiro atoms. The summed E-state index contributed by atoms with van der Waals surface area (Å²) < 4.78 is 10.8. The number of hydrogen-bond acceptors (Lipinski definition) is 5. The molecule has 1 aliphatic heterocycles. The van der Waals surface area contributed by atoms with Crippen LogP contribution in [0, 0.1) is 0 Å². The van der Waals surface area contributed by atoms with Gasteiger partial charge in [0.1, 0.15) is 0 Å². The molecule has 0 bridgehead atoms. The second-order valence-corrected chi connectivity index (χ2v) is 5.36. The van der Waals surface area contributed by atoms with E-state index in [0.29, 0.717) is 32.1 Å². The minimum atomic E-state index is -1.10. The fraction of sp³-hybridized carbons (Fsp3) is 0.600. The molecule has 21 heavy (non-hydrogen) atoms. The molecule has 1 aromatic heterocycles. The zero-order valence-corrected chi connectivity index (χ0v) is 12.5. The number of nitrogens with zero attached hydrogens (tertiary/aromatic N) is 1. The van der Waals surface area contributed by atoms with Crippen LogP contribution >= 0.6 is 0 Å². The first-order valence-corrected chi connectivity index (χ1v) is 7.23. The highest BCUT2D eigenvalue weighted by atomic mass is 16.5. The van der Waals surface area contributed by atoms with Crippen molar-refractivity contribution in [1.82, 2.24) is 10.3 Å². The van der Waals surface area contributed by atoms with Crippen LogP contribution in [0.3, 0.4) is 0 Å². The van der Waals surface area contributed by atoms with Crippen LogP contribution < -0.4 is 10.1 Å². The molecular weight excluding hydrogens is 272 g/mol. The Kier molecular flexibility index (Phi) is 5.14. The first kappa shape index (κ1) is 15.7. The van der Waals surface area contributed by atoms with Crippen molar-refractivity contribution in [2.24, 2.45) is 0 Å². The summed E-state index contributed by atoms with van der Waals surface area (Å²) in [6.45, 7) is 5.16. The molecule has 6 heteroatoms. The first-order valence-electron chi connectivity index (χ1n) is 7.23. The van der Waals surface area contributed by atoms with Crippen LogP contribution in [-0.2, 0) is 16.1 Å². The van der Waals surface area contributed by atoms with Gasteiger partial charge in [0.15, 0.2) is 5.60 Å². The summed E-state index contributed by atoms with van der Waals surface area (Å²) >= 11 is 0. The minimum absolute atomic E-state index is 0.109. The number of hydrogen-bond donors (Lipinski definition) is 2. The smallest absolute Gasteiger partial charge is 0.335 e. The summed E-state index contributed by atoms with van der Waals surface area (Å²) in [5, 5.41) is 12.6. The predicted octanol–water partition coefficient (Wildman–Crippen LogP) is 1.59. The Balaban J connectivity index is 1.90. The molecule has 1 fully saturated rings. The summed E-state index contributed by atoms with van der Waals surface area (Å²) in [5.41, 5.74) is -0.222. The van der Waals surface area contributed by atoms with Crippen molar-refractivity contribution in [3.05, 3.63) is 23.9 Å². The highest BCUT2D eigenvalue weighted by Crippen LogP contribution is 2.25. The van der Waals surface area contributed by atoms with Gasteiger partial charge in [0.25, 0.3) is 0 Å². The quantitative estimate of drug-likeness (QED) is 0.829. The second-order valence-electron chi connectivity index (χ2n) is 5.36. The maximum atomic E-state index is 11.2. The van der Waals surface area contributed by atoms with E-state index >= 15 is 0 Å². The van der Waals surface area contributed by atoms with Gasteiger partial charge >= 0.3 is 5.97 Å². The fourth-order valence-electron chi connectivity index (χ4n) is 2.41. The number of aliphatic carboxylic acids is 1. The van der Waals surface area contributed by atoms with Crippen LogP contribution in [0.5, 0.6) is 5.88 Å². The largest absolute Gasteiger partial charge is 0.479 e. The second kappa shape index (κ2) is 6.87. The van der Waals surface area contributed by atoms with Gasteiger partial charge in [-0.3, -0.25) is 0 Å². The maximum Gasteiger partial charge on any atom is 0.335 e. The van der Waals surface area contributed by atoms with E-state index in [-0.39, 0.29) is 6.04 Å². The van der Waals surface area contributed by atoms with E-state index in [1.54, 1.807) is 6.92 Å². The summed E-state index contributed by atoms with van der Waals surface area (Å²) in [6.07, 6.45) is 1.25. The van der Waals surface area contributed by atoms with Gasteiger partial charge < -0.3 is 19.9 Å².